The molecular formula is C24H18N4O4. The molecule has 0 bridgehead atoms. The van der Waals surface area contributed by atoms with Crippen molar-refractivity contribution in [3.63, 3.8) is 0 Å². The molecule has 0 aliphatic rings. The lowest BCUT2D eigenvalue weighted by Gasteiger charge is -2.08. The quantitative estimate of drug-likeness (QED) is 0.426. The number of hydrogen-bond acceptors (Lipinski definition) is 4. The van der Waals surface area contributed by atoms with Crippen molar-refractivity contribution in [3.8, 4) is 0 Å². The Balaban J connectivity index is 1.34. The van der Waals surface area contributed by atoms with Crippen LogP contribution >= 0.6 is 0 Å². The Labute approximate surface area is 182 Å². The van der Waals surface area contributed by atoms with Gasteiger partial charge in [0.15, 0.2) is 0 Å². The molecule has 8 nitrogen and oxygen atoms in total. The third-order valence-corrected chi connectivity index (χ3v) is 5.46. The Bertz CT molecular complexity index is 1370. The van der Waals surface area contributed by atoms with Gasteiger partial charge >= 0.3 is 11.9 Å². The normalized spacial score (nSPS) is 11.2. The zero-order valence-electron chi connectivity index (χ0n) is 16.8. The summed E-state index contributed by atoms with van der Waals surface area (Å²) in [5, 5.41) is 18.3. The number of imidazole rings is 2. The number of aromatic nitrogens is 4. The largest absolute Gasteiger partial charge is 0.478 e. The molecule has 0 radical (unpaired) electrons. The Hall–Kier alpha value is -4.46. The average Bonchev–Trinajstić information content (AvgIpc) is 3.38. The zero-order valence-corrected chi connectivity index (χ0v) is 16.8. The lowest BCUT2D eigenvalue weighted by Crippen LogP contribution is -2.01. The molecule has 0 spiro atoms. The van der Waals surface area contributed by atoms with E-state index >= 15 is 0 Å². The van der Waals surface area contributed by atoms with Gasteiger partial charge in [-0.25, -0.2) is 19.6 Å². The first kappa shape index (κ1) is 19.5. The summed E-state index contributed by atoms with van der Waals surface area (Å²) in [6, 6.07) is 18.1. The first-order valence-electron chi connectivity index (χ1n) is 9.92. The Kier molecular flexibility index (Phi) is 4.67. The monoisotopic (exact) mass is 426 g/mol. The number of fused-ring (bicyclic) bond motifs is 2. The Morgan fingerprint density at radius 2 is 1.06 bits per heavy atom. The van der Waals surface area contributed by atoms with Crippen molar-refractivity contribution in [2.75, 3.05) is 0 Å². The number of carbonyl (C=O) groups is 2. The molecule has 158 valence electrons. The second kappa shape index (κ2) is 7.66. The average molecular weight is 426 g/mol. The lowest BCUT2D eigenvalue weighted by atomic mass is 10.1. The van der Waals surface area contributed by atoms with Crippen molar-refractivity contribution < 1.29 is 19.8 Å². The van der Waals surface area contributed by atoms with E-state index in [9.17, 15) is 9.59 Å². The van der Waals surface area contributed by atoms with Crippen LogP contribution in [0.4, 0.5) is 0 Å². The van der Waals surface area contributed by atoms with E-state index in [1.807, 2.05) is 9.13 Å². The van der Waals surface area contributed by atoms with Crippen molar-refractivity contribution in [1.29, 1.82) is 0 Å². The molecule has 32 heavy (non-hydrogen) atoms. The van der Waals surface area contributed by atoms with Crippen molar-refractivity contribution in [2.24, 2.45) is 0 Å². The van der Waals surface area contributed by atoms with E-state index in [2.05, 4.69) is 34.2 Å². The van der Waals surface area contributed by atoms with E-state index in [0.717, 1.165) is 22.2 Å². The number of carboxylic acid groups (broad SMARTS) is 2. The summed E-state index contributed by atoms with van der Waals surface area (Å²) in [5.74, 6) is -1.94. The fraction of sp³-hybridized carbons (Fsp3) is 0.0833. The smallest absolute Gasteiger partial charge is 0.335 e. The molecule has 2 N–H and O–H groups in total. The molecule has 0 atom stereocenters. The minimum atomic E-state index is -0.968. The second-order valence-corrected chi connectivity index (χ2v) is 7.58. The molecule has 2 aromatic heterocycles. The van der Waals surface area contributed by atoms with E-state index in [0.29, 0.717) is 24.1 Å². The van der Waals surface area contributed by atoms with Gasteiger partial charge in [0, 0.05) is 13.1 Å². The van der Waals surface area contributed by atoms with E-state index in [-0.39, 0.29) is 11.1 Å². The number of carboxylic acids is 2. The molecular weight excluding hydrogens is 408 g/mol. The predicted molar refractivity (Wildman–Crippen MR) is 118 cm³/mol. The molecule has 0 aliphatic carbocycles. The first-order valence-corrected chi connectivity index (χ1v) is 9.92. The van der Waals surface area contributed by atoms with Crippen LogP contribution in [0.5, 0.6) is 0 Å². The Morgan fingerprint density at radius 1 is 0.656 bits per heavy atom. The molecule has 0 unspecified atom stereocenters. The van der Waals surface area contributed by atoms with Crippen LogP contribution in [-0.4, -0.2) is 41.3 Å². The van der Waals surface area contributed by atoms with Gasteiger partial charge in [0.2, 0.25) is 0 Å². The van der Waals surface area contributed by atoms with Crippen LogP contribution in [0.15, 0.2) is 73.3 Å². The van der Waals surface area contributed by atoms with Crippen LogP contribution < -0.4 is 0 Å². The molecule has 0 aliphatic heterocycles. The molecule has 5 rings (SSSR count). The summed E-state index contributed by atoms with van der Waals surface area (Å²) in [6.45, 7) is 1.24. The fourth-order valence-corrected chi connectivity index (χ4v) is 3.79. The SMILES string of the molecule is O=C(O)c1ccc2c(c1)ncn2Cc1ccc(Cn2cnc3cc(C(=O)O)ccc32)cc1. The minimum Gasteiger partial charge on any atom is -0.478 e. The van der Waals surface area contributed by atoms with E-state index in [4.69, 9.17) is 10.2 Å². The highest BCUT2D eigenvalue weighted by Crippen LogP contribution is 2.19. The summed E-state index contributed by atoms with van der Waals surface area (Å²) >= 11 is 0. The third-order valence-electron chi connectivity index (χ3n) is 5.46. The summed E-state index contributed by atoms with van der Waals surface area (Å²) < 4.78 is 3.97. The molecule has 0 amide bonds. The summed E-state index contributed by atoms with van der Waals surface area (Å²) in [5.41, 5.74) is 5.69. The summed E-state index contributed by atoms with van der Waals surface area (Å²) in [4.78, 5) is 30.9. The summed E-state index contributed by atoms with van der Waals surface area (Å²) in [7, 11) is 0. The van der Waals surface area contributed by atoms with Crippen LogP contribution in [0.3, 0.4) is 0 Å². The second-order valence-electron chi connectivity index (χ2n) is 7.58. The van der Waals surface area contributed by atoms with Gasteiger partial charge in [-0.3, -0.25) is 0 Å². The van der Waals surface area contributed by atoms with Crippen molar-refractivity contribution in [1.82, 2.24) is 19.1 Å². The molecule has 3 aromatic carbocycles. The maximum Gasteiger partial charge on any atom is 0.335 e. The fourth-order valence-electron chi connectivity index (χ4n) is 3.79. The molecule has 2 heterocycles. The first-order chi connectivity index (χ1) is 15.5. The van der Waals surface area contributed by atoms with Crippen LogP contribution in [-0.2, 0) is 13.1 Å². The van der Waals surface area contributed by atoms with Crippen LogP contribution in [0.2, 0.25) is 0 Å². The van der Waals surface area contributed by atoms with Gasteiger partial charge in [0.05, 0.1) is 45.8 Å². The van der Waals surface area contributed by atoms with E-state index in [1.54, 1.807) is 49.1 Å². The molecule has 0 saturated heterocycles. The maximum atomic E-state index is 11.1. The van der Waals surface area contributed by atoms with Gasteiger partial charge in [-0.2, -0.15) is 0 Å². The molecule has 8 heteroatoms. The highest BCUT2D eigenvalue weighted by molar-refractivity contribution is 5.93. The van der Waals surface area contributed by atoms with Gasteiger partial charge in [-0.1, -0.05) is 24.3 Å². The maximum absolute atomic E-state index is 11.1. The molecule has 5 aromatic rings. The van der Waals surface area contributed by atoms with Crippen LogP contribution in [0.25, 0.3) is 22.1 Å². The van der Waals surface area contributed by atoms with Crippen LogP contribution in [0.1, 0.15) is 31.8 Å². The minimum absolute atomic E-state index is 0.221. The van der Waals surface area contributed by atoms with Crippen molar-refractivity contribution in [2.45, 2.75) is 13.1 Å². The van der Waals surface area contributed by atoms with Gasteiger partial charge in [0.1, 0.15) is 0 Å². The highest BCUT2D eigenvalue weighted by atomic mass is 16.4. The zero-order chi connectivity index (χ0) is 22.2. The van der Waals surface area contributed by atoms with Gasteiger partial charge in [-0.05, 0) is 47.5 Å². The van der Waals surface area contributed by atoms with Gasteiger partial charge in [-0.15, -0.1) is 0 Å². The third kappa shape index (κ3) is 3.58. The number of benzene rings is 3. The van der Waals surface area contributed by atoms with Crippen molar-refractivity contribution >= 4 is 34.0 Å². The number of rotatable bonds is 6. The van der Waals surface area contributed by atoms with Gasteiger partial charge < -0.3 is 19.3 Å². The number of aromatic carboxylic acids is 2. The topological polar surface area (TPSA) is 110 Å². The summed E-state index contributed by atoms with van der Waals surface area (Å²) in [6.07, 6.45) is 3.43. The number of hydrogen-bond donors (Lipinski definition) is 2. The number of nitrogens with zero attached hydrogens (tertiary/aromatic N) is 4. The van der Waals surface area contributed by atoms with Crippen LogP contribution in [0, 0.1) is 0 Å². The predicted octanol–water partition coefficient (Wildman–Crippen LogP) is 3.88. The van der Waals surface area contributed by atoms with E-state index in [1.165, 1.54) is 0 Å². The lowest BCUT2D eigenvalue weighted by molar-refractivity contribution is 0.0686. The molecule has 0 fully saturated rings. The Morgan fingerprint density at radius 3 is 1.44 bits per heavy atom. The van der Waals surface area contributed by atoms with E-state index < -0.39 is 11.9 Å². The molecule has 0 saturated carbocycles. The standard InChI is InChI=1S/C24H18N4O4/c29-23(30)17-5-7-21-19(9-17)25-13-27(21)11-15-1-2-16(4-3-15)12-28-14-26-20-10-18(24(31)32)6-8-22(20)28/h1-10,13-14H,11-12H2,(H,29,30)(H,31,32). The highest BCUT2D eigenvalue weighted by Gasteiger charge is 2.10. The van der Waals surface area contributed by atoms with Gasteiger partial charge in [0.25, 0.3) is 0 Å². The van der Waals surface area contributed by atoms with Crippen molar-refractivity contribution in [3.05, 3.63) is 95.6 Å².